The molecule has 0 unspecified atom stereocenters. The van der Waals surface area contributed by atoms with Gasteiger partial charge in [-0.1, -0.05) is 30.3 Å². The monoisotopic (exact) mass is 368 g/mol. The summed E-state index contributed by atoms with van der Waals surface area (Å²) < 4.78 is 28.8. The Balaban J connectivity index is 1.80. The predicted molar refractivity (Wildman–Crippen MR) is 102 cm³/mol. The van der Waals surface area contributed by atoms with E-state index in [-0.39, 0.29) is 11.7 Å². The molecule has 3 aromatic rings. The fourth-order valence-corrected chi connectivity index (χ4v) is 2.60. The summed E-state index contributed by atoms with van der Waals surface area (Å²) in [5, 5.41) is 3.15. The van der Waals surface area contributed by atoms with Gasteiger partial charge >= 0.3 is 6.61 Å². The van der Waals surface area contributed by atoms with Crippen LogP contribution in [-0.2, 0) is 0 Å². The van der Waals surface area contributed by atoms with Gasteiger partial charge in [0.15, 0.2) is 0 Å². The summed E-state index contributed by atoms with van der Waals surface area (Å²) >= 11 is 0. The standard InChI is InChI=1S/C21H18F2N2O2/c1-25(16-7-3-2-4-8-16)20(26)18-9-5-6-10-19(18)24-15-11-13-17(14-12-15)27-21(22)23/h2-14,21,24H,1H3. The number of benzene rings is 3. The van der Waals surface area contributed by atoms with Crippen LogP contribution in [-0.4, -0.2) is 19.6 Å². The molecule has 0 saturated carbocycles. The van der Waals surface area contributed by atoms with Gasteiger partial charge in [0.25, 0.3) is 5.91 Å². The van der Waals surface area contributed by atoms with Crippen LogP contribution in [0.5, 0.6) is 5.75 Å². The summed E-state index contributed by atoms with van der Waals surface area (Å²) in [6.45, 7) is -2.87. The van der Waals surface area contributed by atoms with E-state index in [1.54, 1.807) is 42.3 Å². The Bertz CT molecular complexity index is 900. The normalized spacial score (nSPS) is 10.5. The Morgan fingerprint density at radius 3 is 2.22 bits per heavy atom. The number of ether oxygens (including phenoxy) is 1. The van der Waals surface area contributed by atoms with Crippen molar-refractivity contribution in [1.29, 1.82) is 0 Å². The number of hydrogen-bond donors (Lipinski definition) is 1. The molecule has 0 fully saturated rings. The highest BCUT2D eigenvalue weighted by atomic mass is 19.3. The van der Waals surface area contributed by atoms with E-state index in [1.807, 2.05) is 36.4 Å². The molecule has 0 saturated heterocycles. The van der Waals surface area contributed by atoms with Gasteiger partial charge in [0.1, 0.15) is 5.75 Å². The second kappa shape index (κ2) is 8.31. The molecule has 0 aliphatic carbocycles. The lowest BCUT2D eigenvalue weighted by atomic mass is 10.1. The van der Waals surface area contributed by atoms with Crippen molar-refractivity contribution < 1.29 is 18.3 Å². The Kier molecular flexibility index (Phi) is 5.66. The summed E-state index contributed by atoms with van der Waals surface area (Å²) in [7, 11) is 1.71. The van der Waals surface area contributed by atoms with E-state index in [1.165, 1.54) is 12.1 Å². The van der Waals surface area contributed by atoms with E-state index < -0.39 is 6.61 Å². The lowest BCUT2D eigenvalue weighted by molar-refractivity contribution is -0.0498. The number of carbonyl (C=O) groups is 1. The number of carbonyl (C=O) groups excluding carboxylic acids is 1. The first-order valence-corrected chi connectivity index (χ1v) is 8.28. The van der Waals surface area contributed by atoms with Crippen LogP contribution in [0, 0.1) is 0 Å². The van der Waals surface area contributed by atoms with Gasteiger partial charge in [0.05, 0.1) is 11.3 Å². The van der Waals surface area contributed by atoms with Crippen LogP contribution in [0.2, 0.25) is 0 Å². The largest absolute Gasteiger partial charge is 0.435 e. The summed E-state index contributed by atoms with van der Waals surface area (Å²) in [6, 6.07) is 22.6. The minimum Gasteiger partial charge on any atom is -0.435 e. The molecule has 0 bridgehead atoms. The highest BCUT2D eigenvalue weighted by molar-refractivity contribution is 6.09. The third-order valence-electron chi connectivity index (χ3n) is 3.96. The van der Waals surface area contributed by atoms with Gasteiger partial charge in [-0.2, -0.15) is 8.78 Å². The van der Waals surface area contributed by atoms with Gasteiger partial charge in [0, 0.05) is 18.4 Å². The lowest BCUT2D eigenvalue weighted by Gasteiger charge is -2.19. The molecule has 0 aliphatic rings. The average Bonchev–Trinajstić information content (AvgIpc) is 2.69. The highest BCUT2D eigenvalue weighted by Crippen LogP contribution is 2.25. The quantitative estimate of drug-likeness (QED) is 0.641. The lowest BCUT2D eigenvalue weighted by Crippen LogP contribution is -2.26. The number of para-hydroxylation sites is 2. The zero-order valence-electron chi connectivity index (χ0n) is 14.6. The SMILES string of the molecule is CN(C(=O)c1ccccc1Nc1ccc(OC(F)F)cc1)c1ccccc1. The first-order valence-electron chi connectivity index (χ1n) is 8.28. The Morgan fingerprint density at radius 2 is 1.56 bits per heavy atom. The van der Waals surface area contributed by atoms with Crippen LogP contribution in [0.1, 0.15) is 10.4 Å². The molecule has 0 aromatic heterocycles. The molecule has 27 heavy (non-hydrogen) atoms. The maximum Gasteiger partial charge on any atom is 0.387 e. The summed E-state index contributed by atoms with van der Waals surface area (Å²) in [5.41, 5.74) is 2.55. The van der Waals surface area contributed by atoms with Crippen molar-refractivity contribution in [3.8, 4) is 5.75 Å². The number of hydrogen-bond acceptors (Lipinski definition) is 3. The zero-order chi connectivity index (χ0) is 19.2. The van der Waals surface area contributed by atoms with Crippen LogP contribution in [0.25, 0.3) is 0 Å². The zero-order valence-corrected chi connectivity index (χ0v) is 14.6. The number of nitrogens with zero attached hydrogens (tertiary/aromatic N) is 1. The van der Waals surface area contributed by atoms with Crippen LogP contribution < -0.4 is 15.0 Å². The number of nitrogens with one attached hydrogen (secondary N) is 1. The van der Waals surface area contributed by atoms with Crippen LogP contribution >= 0.6 is 0 Å². The molecule has 0 heterocycles. The molecule has 138 valence electrons. The molecule has 4 nitrogen and oxygen atoms in total. The molecule has 1 amide bonds. The molecule has 0 atom stereocenters. The predicted octanol–water partition coefficient (Wildman–Crippen LogP) is 5.31. The molecular weight excluding hydrogens is 350 g/mol. The van der Waals surface area contributed by atoms with E-state index >= 15 is 0 Å². The Morgan fingerprint density at radius 1 is 0.926 bits per heavy atom. The summed E-state index contributed by atoms with van der Waals surface area (Å²) in [6.07, 6.45) is 0. The first-order chi connectivity index (χ1) is 13.0. The number of amides is 1. The second-order valence-corrected chi connectivity index (χ2v) is 5.77. The van der Waals surface area contributed by atoms with Crippen molar-refractivity contribution in [1.82, 2.24) is 0 Å². The number of rotatable bonds is 6. The summed E-state index contributed by atoms with van der Waals surface area (Å²) in [5.74, 6) is -0.0920. The van der Waals surface area contributed by atoms with E-state index in [4.69, 9.17) is 0 Å². The van der Waals surface area contributed by atoms with E-state index in [2.05, 4.69) is 10.1 Å². The average molecular weight is 368 g/mol. The van der Waals surface area contributed by atoms with Crippen molar-refractivity contribution in [2.75, 3.05) is 17.3 Å². The molecular formula is C21H18F2N2O2. The van der Waals surface area contributed by atoms with Gasteiger partial charge < -0.3 is 15.0 Å². The maximum atomic E-state index is 12.9. The van der Waals surface area contributed by atoms with Gasteiger partial charge in [-0.3, -0.25) is 4.79 Å². The minimum atomic E-state index is -2.87. The van der Waals surface area contributed by atoms with E-state index in [0.717, 1.165) is 5.69 Å². The Labute approximate surface area is 156 Å². The molecule has 6 heteroatoms. The fraction of sp³-hybridized carbons (Fsp3) is 0.0952. The van der Waals surface area contributed by atoms with Gasteiger partial charge in [-0.05, 0) is 48.5 Å². The van der Waals surface area contributed by atoms with Crippen molar-refractivity contribution in [3.63, 3.8) is 0 Å². The van der Waals surface area contributed by atoms with E-state index in [9.17, 15) is 13.6 Å². The first kappa shape index (κ1) is 18.4. The second-order valence-electron chi connectivity index (χ2n) is 5.77. The molecule has 0 radical (unpaired) electrons. The fourth-order valence-electron chi connectivity index (χ4n) is 2.60. The van der Waals surface area contributed by atoms with Gasteiger partial charge in [0.2, 0.25) is 0 Å². The van der Waals surface area contributed by atoms with E-state index in [0.29, 0.717) is 16.9 Å². The van der Waals surface area contributed by atoms with Crippen molar-refractivity contribution in [2.24, 2.45) is 0 Å². The van der Waals surface area contributed by atoms with Gasteiger partial charge in [-0.15, -0.1) is 0 Å². The highest BCUT2D eigenvalue weighted by Gasteiger charge is 2.17. The minimum absolute atomic E-state index is 0.0729. The van der Waals surface area contributed by atoms with Crippen LogP contribution in [0.3, 0.4) is 0 Å². The maximum absolute atomic E-state index is 12.9. The summed E-state index contributed by atoms with van der Waals surface area (Å²) in [4.78, 5) is 14.5. The molecule has 0 spiro atoms. The van der Waals surface area contributed by atoms with Crippen LogP contribution in [0.15, 0.2) is 78.9 Å². The molecule has 1 N–H and O–H groups in total. The topological polar surface area (TPSA) is 41.6 Å². The van der Waals surface area contributed by atoms with Crippen molar-refractivity contribution in [2.45, 2.75) is 6.61 Å². The molecule has 3 aromatic carbocycles. The third-order valence-corrected chi connectivity index (χ3v) is 3.96. The number of halogens is 2. The number of alkyl halides is 2. The smallest absolute Gasteiger partial charge is 0.387 e. The van der Waals surface area contributed by atoms with Crippen molar-refractivity contribution >= 4 is 23.0 Å². The number of anilines is 3. The molecule has 3 rings (SSSR count). The third kappa shape index (κ3) is 4.61. The molecule has 0 aliphatic heterocycles. The van der Waals surface area contributed by atoms with Crippen LogP contribution in [0.4, 0.5) is 25.8 Å². The van der Waals surface area contributed by atoms with Gasteiger partial charge in [-0.25, -0.2) is 0 Å². The van der Waals surface area contributed by atoms with Crippen molar-refractivity contribution in [3.05, 3.63) is 84.4 Å². The Hall–Kier alpha value is -3.41.